The number of halogens is 2. The zero-order valence-electron chi connectivity index (χ0n) is 14.4. The first kappa shape index (κ1) is 16.4. The van der Waals surface area contributed by atoms with Gasteiger partial charge >= 0.3 is 0 Å². The molecule has 2 fully saturated rings. The van der Waals surface area contributed by atoms with Gasteiger partial charge in [0.15, 0.2) is 0 Å². The molecule has 0 amide bonds. The molecule has 4 atom stereocenters. The van der Waals surface area contributed by atoms with Crippen molar-refractivity contribution in [3.63, 3.8) is 0 Å². The molecule has 0 heterocycles. The molecule has 24 heavy (non-hydrogen) atoms. The molecule has 0 radical (unpaired) electrons. The number of hydrogen-bond acceptors (Lipinski definition) is 0. The van der Waals surface area contributed by atoms with Crippen LogP contribution in [-0.4, -0.2) is 0 Å². The summed E-state index contributed by atoms with van der Waals surface area (Å²) in [6.45, 7) is 2.34. The van der Waals surface area contributed by atoms with Crippen molar-refractivity contribution >= 4 is 22.4 Å². The summed E-state index contributed by atoms with van der Waals surface area (Å²) >= 11 is 5.90. The highest BCUT2D eigenvalue weighted by atomic mass is 35.5. The first-order valence-electron chi connectivity index (χ1n) is 9.53. The van der Waals surface area contributed by atoms with E-state index in [0.29, 0.717) is 11.3 Å². The van der Waals surface area contributed by atoms with Crippen molar-refractivity contribution in [1.29, 1.82) is 0 Å². The Labute approximate surface area is 149 Å². The molecule has 4 rings (SSSR count). The van der Waals surface area contributed by atoms with Crippen molar-refractivity contribution < 1.29 is 4.39 Å². The summed E-state index contributed by atoms with van der Waals surface area (Å²) in [6, 6.07) is 9.86. The van der Waals surface area contributed by atoms with Gasteiger partial charge in [0.25, 0.3) is 0 Å². The van der Waals surface area contributed by atoms with Crippen LogP contribution in [-0.2, 0) is 0 Å². The summed E-state index contributed by atoms with van der Waals surface area (Å²) in [5, 5.41) is 1.83. The Morgan fingerprint density at radius 1 is 1.00 bits per heavy atom. The second-order valence-corrected chi connectivity index (χ2v) is 8.37. The second kappa shape index (κ2) is 6.67. The highest BCUT2D eigenvalue weighted by Crippen LogP contribution is 2.48. The van der Waals surface area contributed by atoms with Gasteiger partial charge in [-0.15, -0.1) is 0 Å². The zero-order valence-corrected chi connectivity index (χ0v) is 15.2. The van der Waals surface area contributed by atoms with Crippen molar-refractivity contribution in [2.75, 3.05) is 0 Å². The Kier molecular flexibility index (Phi) is 4.56. The van der Waals surface area contributed by atoms with Crippen molar-refractivity contribution in [2.45, 2.75) is 57.8 Å². The van der Waals surface area contributed by atoms with Crippen molar-refractivity contribution in [1.82, 2.24) is 0 Å². The third kappa shape index (κ3) is 2.96. The molecule has 2 aromatic carbocycles. The Morgan fingerprint density at radius 2 is 1.79 bits per heavy atom. The van der Waals surface area contributed by atoms with Gasteiger partial charge in [0.2, 0.25) is 0 Å². The summed E-state index contributed by atoms with van der Waals surface area (Å²) < 4.78 is 14.1. The number of rotatable bonds is 2. The second-order valence-electron chi connectivity index (χ2n) is 7.96. The molecule has 0 bridgehead atoms. The lowest BCUT2D eigenvalue weighted by Gasteiger charge is -2.42. The number of hydrogen-bond donors (Lipinski definition) is 0. The normalized spacial score (nSPS) is 30.3. The van der Waals surface area contributed by atoms with Crippen LogP contribution in [0.25, 0.3) is 10.8 Å². The summed E-state index contributed by atoms with van der Waals surface area (Å²) in [5.74, 6) is 3.19. The monoisotopic (exact) mass is 344 g/mol. The molecule has 2 heteroatoms. The van der Waals surface area contributed by atoms with E-state index < -0.39 is 0 Å². The van der Waals surface area contributed by atoms with E-state index in [1.165, 1.54) is 50.5 Å². The maximum atomic E-state index is 14.1. The zero-order chi connectivity index (χ0) is 16.7. The van der Waals surface area contributed by atoms with Crippen LogP contribution >= 0.6 is 11.6 Å². The predicted octanol–water partition coefficient (Wildman–Crippen LogP) is 7.34. The quantitative estimate of drug-likeness (QED) is 0.534. The maximum absolute atomic E-state index is 14.1. The minimum atomic E-state index is -0.290. The van der Waals surface area contributed by atoms with Gasteiger partial charge in [0.1, 0.15) is 5.82 Å². The Balaban J connectivity index is 1.55. The van der Waals surface area contributed by atoms with Crippen molar-refractivity contribution in [2.24, 2.45) is 17.8 Å². The van der Waals surface area contributed by atoms with Crippen LogP contribution in [0.2, 0.25) is 5.02 Å². The predicted molar refractivity (Wildman–Crippen MR) is 100 cm³/mol. The van der Waals surface area contributed by atoms with Crippen LogP contribution in [0.15, 0.2) is 30.3 Å². The highest BCUT2D eigenvalue weighted by molar-refractivity contribution is 6.31. The van der Waals surface area contributed by atoms with E-state index in [1.807, 2.05) is 12.1 Å². The lowest BCUT2D eigenvalue weighted by atomic mass is 9.63. The average molecular weight is 345 g/mol. The average Bonchev–Trinajstić information content (AvgIpc) is 2.63. The van der Waals surface area contributed by atoms with E-state index in [-0.39, 0.29) is 10.8 Å². The van der Waals surface area contributed by atoms with Crippen LogP contribution in [0.4, 0.5) is 4.39 Å². The van der Waals surface area contributed by atoms with Crippen LogP contribution in [0, 0.1) is 23.6 Å². The lowest BCUT2D eigenvalue weighted by molar-refractivity contribution is 0.116. The standard InChI is InChI=1S/C22H26ClF/c1-2-14-3-4-16-12-17(6-5-15(16)11-14)18-7-9-20-19(13-18)8-10-21(23)22(20)24/h7-10,13-17H,2-6,11-12H2,1H3/t14-,15?,16-,17?/m1/s1. The van der Waals surface area contributed by atoms with Gasteiger partial charge in [0, 0.05) is 5.39 Å². The molecule has 2 saturated carbocycles. The summed E-state index contributed by atoms with van der Waals surface area (Å²) in [4.78, 5) is 0. The third-order valence-corrected chi connectivity index (χ3v) is 6.99. The Morgan fingerprint density at radius 3 is 2.62 bits per heavy atom. The van der Waals surface area contributed by atoms with E-state index in [1.54, 1.807) is 6.07 Å². The van der Waals surface area contributed by atoms with Crippen LogP contribution in [0.3, 0.4) is 0 Å². The Hall–Kier alpha value is -1.08. The molecule has 0 saturated heterocycles. The topological polar surface area (TPSA) is 0 Å². The largest absolute Gasteiger partial charge is 0.205 e. The molecule has 2 unspecified atom stereocenters. The third-order valence-electron chi connectivity index (χ3n) is 6.70. The SMILES string of the molecule is CC[C@@H]1CC[C@@H]2CC(c3ccc4c(F)c(Cl)ccc4c3)CCC2C1. The van der Waals surface area contributed by atoms with Gasteiger partial charge in [-0.1, -0.05) is 55.6 Å². The van der Waals surface area contributed by atoms with Gasteiger partial charge in [0.05, 0.1) is 5.02 Å². The molecule has 2 aromatic rings. The molecule has 0 aromatic heterocycles. The van der Waals surface area contributed by atoms with Crippen molar-refractivity contribution in [3.8, 4) is 0 Å². The van der Waals surface area contributed by atoms with Gasteiger partial charge < -0.3 is 0 Å². The molecule has 0 spiro atoms. The molecule has 0 nitrogen and oxygen atoms in total. The minimum absolute atomic E-state index is 0.212. The van der Waals surface area contributed by atoms with E-state index in [4.69, 9.17) is 11.6 Å². The van der Waals surface area contributed by atoms with Crippen LogP contribution in [0.1, 0.15) is 63.4 Å². The molecule has 0 aliphatic heterocycles. The number of fused-ring (bicyclic) bond motifs is 2. The first-order chi connectivity index (χ1) is 11.7. The molecule has 0 N–H and O–H groups in total. The van der Waals surface area contributed by atoms with E-state index >= 15 is 0 Å². The van der Waals surface area contributed by atoms with Crippen LogP contribution in [0.5, 0.6) is 0 Å². The van der Waals surface area contributed by atoms with E-state index in [9.17, 15) is 4.39 Å². The summed E-state index contributed by atoms with van der Waals surface area (Å²) in [5.41, 5.74) is 1.39. The smallest absolute Gasteiger partial charge is 0.149 e. The molecular formula is C22H26ClF. The molecule has 2 aliphatic carbocycles. The minimum Gasteiger partial charge on any atom is -0.205 e. The fourth-order valence-corrected chi connectivity index (χ4v) is 5.36. The van der Waals surface area contributed by atoms with Crippen LogP contribution < -0.4 is 0 Å². The highest BCUT2D eigenvalue weighted by Gasteiger charge is 2.35. The van der Waals surface area contributed by atoms with Gasteiger partial charge in [-0.25, -0.2) is 4.39 Å². The lowest BCUT2D eigenvalue weighted by Crippen LogP contribution is -2.30. The molecule has 128 valence electrons. The van der Waals surface area contributed by atoms with Gasteiger partial charge in [-0.05, 0) is 72.8 Å². The molecular weight excluding hydrogens is 319 g/mol. The maximum Gasteiger partial charge on any atom is 0.149 e. The fraction of sp³-hybridized carbons (Fsp3) is 0.545. The summed E-state index contributed by atoms with van der Waals surface area (Å²) in [6.07, 6.45) is 9.63. The van der Waals surface area contributed by atoms with Crippen molar-refractivity contribution in [3.05, 3.63) is 46.7 Å². The van der Waals surface area contributed by atoms with Gasteiger partial charge in [-0.2, -0.15) is 0 Å². The molecule has 2 aliphatic rings. The first-order valence-corrected chi connectivity index (χ1v) is 9.91. The summed E-state index contributed by atoms with van der Waals surface area (Å²) in [7, 11) is 0. The number of benzene rings is 2. The van der Waals surface area contributed by atoms with Gasteiger partial charge in [-0.3, -0.25) is 0 Å². The van der Waals surface area contributed by atoms with E-state index in [2.05, 4.69) is 19.1 Å². The fourth-order valence-electron chi connectivity index (χ4n) is 5.20. The Bertz CT molecular complexity index is 738. The van der Waals surface area contributed by atoms with E-state index in [0.717, 1.165) is 23.1 Å².